The third kappa shape index (κ3) is 5.04. The molecule has 1 N–H and O–H groups in total. The van der Waals surface area contributed by atoms with Crippen molar-refractivity contribution in [1.29, 1.82) is 0 Å². The van der Waals surface area contributed by atoms with E-state index in [1.165, 1.54) is 4.90 Å². The summed E-state index contributed by atoms with van der Waals surface area (Å²) in [6, 6.07) is 14.5. The Labute approximate surface area is 203 Å². The molecule has 8 heteroatoms. The maximum Gasteiger partial charge on any atom is 0.261 e. The molecule has 0 atom stereocenters. The number of anilines is 1. The summed E-state index contributed by atoms with van der Waals surface area (Å²) in [6.45, 7) is 4.74. The Kier molecular flexibility index (Phi) is 7.12. The van der Waals surface area contributed by atoms with Gasteiger partial charge in [0.2, 0.25) is 5.91 Å². The van der Waals surface area contributed by atoms with Crippen LogP contribution >= 0.6 is 11.6 Å². The number of fused-ring (bicyclic) bond motifs is 1. The van der Waals surface area contributed by atoms with Gasteiger partial charge in [0.15, 0.2) is 0 Å². The molecule has 4 rings (SSSR count). The van der Waals surface area contributed by atoms with Crippen LogP contribution in [0.4, 0.5) is 5.69 Å². The first-order valence-corrected chi connectivity index (χ1v) is 11.8. The zero-order chi connectivity index (χ0) is 24.2. The number of aryl methyl sites for hydroxylation is 1. The molecule has 0 unspecified atom stereocenters. The number of imide groups is 1. The van der Waals surface area contributed by atoms with Crippen molar-refractivity contribution >= 4 is 35.0 Å². The second-order valence-electron chi connectivity index (χ2n) is 8.50. The summed E-state index contributed by atoms with van der Waals surface area (Å²) in [4.78, 5) is 38.6. The predicted molar refractivity (Wildman–Crippen MR) is 131 cm³/mol. The quantitative estimate of drug-likeness (QED) is 0.346. The van der Waals surface area contributed by atoms with Crippen LogP contribution in [0.2, 0.25) is 5.02 Å². The van der Waals surface area contributed by atoms with E-state index in [2.05, 4.69) is 10.4 Å². The topological polar surface area (TPSA) is 84.3 Å². The zero-order valence-electron chi connectivity index (χ0n) is 19.3. The summed E-state index contributed by atoms with van der Waals surface area (Å²) in [5.74, 6) is -0.549. The van der Waals surface area contributed by atoms with Gasteiger partial charge in [-0.25, -0.2) is 0 Å². The van der Waals surface area contributed by atoms with Gasteiger partial charge in [-0.3, -0.25) is 24.0 Å². The summed E-state index contributed by atoms with van der Waals surface area (Å²) in [6.07, 6.45) is 2.44. The molecule has 0 aliphatic carbocycles. The number of nitrogens with zero attached hydrogens (tertiary/aromatic N) is 3. The van der Waals surface area contributed by atoms with Crippen molar-refractivity contribution in [2.75, 3.05) is 11.9 Å². The van der Waals surface area contributed by atoms with Gasteiger partial charge in [0.05, 0.1) is 34.7 Å². The molecule has 0 bridgehead atoms. The molecule has 2 aromatic carbocycles. The van der Waals surface area contributed by atoms with E-state index in [1.54, 1.807) is 24.3 Å². The van der Waals surface area contributed by atoms with E-state index in [4.69, 9.17) is 11.6 Å². The normalized spacial score (nSPS) is 12.9. The molecular formula is C26H27ClN4O3. The lowest BCUT2D eigenvalue weighted by Crippen LogP contribution is -2.30. The van der Waals surface area contributed by atoms with Crippen LogP contribution in [0.25, 0.3) is 0 Å². The van der Waals surface area contributed by atoms with Crippen LogP contribution in [-0.2, 0) is 11.3 Å². The van der Waals surface area contributed by atoms with E-state index >= 15 is 0 Å². The highest BCUT2D eigenvalue weighted by Crippen LogP contribution is 2.24. The number of aromatic nitrogens is 2. The van der Waals surface area contributed by atoms with Gasteiger partial charge in [-0.15, -0.1) is 0 Å². The Morgan fingerprint density at radius 3 is 2.35 bits per heavy atom. The second-order valence-corrected chi connectivity index (χ2v) is 8.94. The number of nitrogens with one attached hydrogen (secondary N) is 1. The summed E-state index contributed by atoms with van der Waals surface area (Å²) in [7, 11) is 0. The molecule has 176 valence electrons. The van der Waals surface area contributed by atoms with Gasteiger partial charge in [0.1, 0.15) is 0 Å². The molecule has 0 saturated heterocycles. The predicted octanol–water partition coefficient (Wildman–Crippen LogP) is 5.00. The third-order valence-corrected chi connectivity index (χ3v) is 6.27. The molecule has 7 nitrogen and oxygen atoms in total. The van der Waals surface area contributed by atoms with Gasteiger partial charge in [-0.1, -0.05) is 42.3 Å². The number of halogens is 1. The standard InChI is InChI=1S/C26H27ClN4O3/c1-17-24(18(2)31(29-17)16-19-9-8-10-20(27)15-19)28-23(32)13-4-3-7-14-30-25(33)21-11-5-6-12-22(21)26(30)34/h5-6,8-12,15H,3-4,7,13-14,16H2,1-2H3,(H,28,32). The highest BCUT2D eigenvalue weighted by molar-refractivity contribution is 6.30. The Bertz CT molecular complexity index is 1220. The summed E-state index contributed by atoms with van der Waals surface area (Å²) < 4.78 is 1.86. The van der Waals surface area contributed by atoms with E-state index in [0.717, 1.165) is 29.1 Å². The molecular weight excluding hydrogens is 452 g/mol. The second kappa shape index (κ2) is 10.2. The van der Waals surface area contributed by atoms with Gasteiger partial charge >= 0.3 is 0 Å². The number of benzene rings is 2. The molecule has 3 aromatic rings. The van der Waals surface area contributed by atoms with Crippen LogP contribution in [0.1, 0.15) is 63.4 Å². The highest BCUT2D eigenvalue weighted by Gasteiger charge is 2.34. The minimum atomic E-state index is -0.237. The van der Waals surface area contributed by atoms with E-state index in [0.29, 0.717) is 48.5 Å². The SMILES string of the molecule is Cc1nn(Cc2cccc(Cl)c2)c(C)c1NC(=O)CCCCCN1C(=O)c2ccccc2C1=O. The Balaban J connectivity index is 1.24. The molecule has 0 spiro atoms. The van der Waals surface area contributed by atoms with Crippen LogP contribution in [-0.4, -0.2) is 38.9 Å². The van der Waals surface area contributed by atoms with Crippen molar-refractivity contribution < 1.29 is 14.4 Å². The number of amides is 3. The first-order chi connectivity index (χ1) is 16.3. The van der Waals surface area contributed by atoms with Gasteiger partial charge < -0.3 is 5.32 Å². The monoisotopic (exact) mass is 478 g/mol. The molecule has 0 radical (unpaired) electrons. The highest BCUT2D eigenvalue weighted by atomic mass is 35.5. The smallest absolute Gasteiger partial charge is 0.261 e. The lowest BCUT2D eigenvalue weighted by Gasteiger charge is -2.13. The van der Waals surface area contributed by atoms with Crippen molar-refractivity contribution in [3.63, 3.8) is 0 Å². The van der Waals surface area contributed by atoms with Crippen molar-refractivity contribution in [1.82, 2.24) is 14.7 Å². The van der Waals surface area contributed by atoms with Crippen LogP contribution in [0.15, 0.2) is 48.5 Å². The van der Waals surface area contributed by atoms with Gasteiger partial charge in [-0.2, -0.15) is 5.10 Å². The maximum atomic E-state index is 12.5. The number of unbranched alkanes of at least 4 members (excludes halogenated alkanes) is 2. The van der Waals surface area contributed by atoms with Gasteiger partial charge in [0.25, 0.3) is 11.8 Å². The number of carbonyl (C=O) groups is 3. The van der Waals surface area contributed by atoms with Crippen LogP contribution in [0.3, 0.4) is 0 Å². The lowest BCUT2D eigenvalue weighted by molar-refractivity contribution is -0.116. The van der Waals surface area contributed by atoms with Crippen molar-refractivity contribution in [2.24, 2.45) is 0 Å². The number of hydrogen-bond acceptors (Lipinski definition) is 4. The Morgan fingerprint density at radius 2 is 1.68 bits per heavy atom. The van der Waals surface area contributed by atoms with Crippen molar-refractivity contribution in [2.45, 2.75) is 46.1 Å². The van der Waals surface area contributed by atoms with Gasteiger partial charge in [0, 0.05) is 18.0 Å². The van der Waals surface area contributed by atoms with E-state index in [1.807, 2.05) is 42.8 Å². The molecule has 1 aliphatic heterocycles. The van der Waals surface area contributed by atoms with Crippen molar-refractivity contribution in [3.8, 4) is 0 Å². The summed E-state index contributed by atoms with van der Waals surface area (Å²) in [5.41, 5.74) is 4.35. The molecule has 1 aromatic heterocycles. The number of hydrogen-bond donors (Lipinski definition) is 1. The molecule has 1 aliphatic rings. The zero-order valence-corrected chi connectivity index (χ0v) is 20.1. The van der Waals surface area contributed by atoms with Crippen LogP contribution < -0.4 is 5.32 Å². The first-order valence-electron chi connectivity index (χ1n) is 11.4. The number of carbonyl (C=O) groups excluding carboxylic acids is 3. The molecule has 2 heterocycles. The molecule has 34 heavy (non-hydrogen) atoms. The minimum absolute atomic E-state index is 0.0748. The summed E-state index contributed by atoms with van der Waals surface area (Å²) in [5, 5.41) is 8.23. The maximum absolute atomic E-state index is 12.5. The van der Waals surface area contributed by atoms with E-state index < -0.39 is 0 Å². The average molecular weight is 479 g/mol. The fourth-order valence-corrected chi connectivity index (χ4v) is 4.43. The van der Waals surface area contributed by atoms with Crippen molar-refractivity contribution in [3.05, 3.63) is 81.6 Å². The molecule has 0 fully saturated rings. The Morgan fingerprint density at radius 1 is 0.971 bits per heavy atom. The first kappa shape index (κ1) is 23.7. The fraction of sp³-hybridized carbons (Fsp3) is 0.308. The third-order valence-electron chi connectivity index (χ3n) is 6.03. The van der Waals surface area contributed by atoms with Gasteiger partial charge in [-0.05, 0) is 56.5 Å². The molecule has 3 amide bonds. The fourth-order valence-electron chi connectivity index (χ4n) is 4.22. The molecule has 0 saturated carbocycles. The number of rotatable bonds is 9. The minimum Gasteiger partial charge on any atom is -0.323 e. The average Bonchev–Trinajstić information content (AvgIpc) is 3.21. The van der Waals surface area contributed by atoms with E-state index in [9.17, 15) is 14.4 Å². The van der Waals surface area contributed by atoms with E-state index in [-0.39, 0.29) is 17.7 Å². The summed E-state index contributed by atoms with van der Waals surface area (Å²) >= 11 is 6.08. The lowest BCUT2D eigenvalue weighted by atomic mass is 10.1. The Hall–Kier alpha value is -3.45. The largest absolute Gasteiger partial charge is 0.323 e. The van der Waals surface area contributed by atoms with Crippen LogP contribution in [0.5, 0.6) is 0 Å². The van der Waals surface area contributed by atoms with Crippen LogP contribution in [0, 0.1) is 13.8 Å².